The molecule has 1 heterocycles. The van der Waals surface area contributed by atoms with Gasteiger partial charge in [0.05, 0.1) is 17.6 Å². The zero-order valence-corrected chi connectivity index (χ0v) is 15.9. The van der Waals surface area contributed by atoms with Crippen molar-refractivity contribution >= 4 is 16.9 Å². The lowest BCUT2D eigenvalue weighted by Gasteiger charge is -2.13. The highest BCUT2D eigenvalue weighted by atomic mass is 16.5. The van der Waals surface area contributed by atoms with Crippen LogP contribution in [0.5, 0.6) is 5.75 Å². The molecule has 0 fully saturated rings. The van der Waals surface area contributed by atoms with E-state index in [0.717, 1.165) is 34.6 Å². The maximum absolute atomic E-state index is 11.4. The van der Waals surface area contributed by atoms with Gasteiger partial charge in [-0.1, -0.05) is 43.0 Å². The van der Waals surface area contributed by atoms with Crippen molar-refractivity contribution in [3.63, 3.8) is 0 Å². The van der Waals surface area contributed by atoms with Crippen molar-refractivity contribution < 1.29 is 9.53 Å². The number of fused-ring (bicyclic) bond motifs is 1. The van der Waals surface area contributed by atoms with E-state index in [1.54, 1.807) is 0 Å². The standard InChI is InChI=1S/C23H25N3O2/c1-3-9-18-10-5-8-13-21(18)28-17-16-26-20-12-7-6-11-19(20)25-22(26)14-15-24-23(27)4-2/h3-8,10-13H,1-2,9,14-17H2,(H,24,27). The number of carbonyl (C=O) groups excluding carboxylic acids is 1. The van der Waals surface area contributed by atoms with Gasteiger partial charge in [-0.25, -0.2) is 4.98 Å². The first-order valence-corrected chi connectivity index (χ1v) is 9.39. The number of amides is 1. The van der Waals surface area contributed by atoms with Crippen molar-refractivity contribution in [2.24, 2.45) is 0 Å². The van der Waals surface area contributed by atoms with Gasteiger partial charge in [0.15, 0.2) is 0 Å². The van der Waals surface area contributed by atoms with Gasteiger partial charge in [0.1, 0.15) is 18.2 Å². The number of imidazole rings is 1. The normalized spacial score (nSPS) is 10.6. The second-order valence-electron chi connectivity index (χ2n) is 6.36. The maximum Gasteiger partial charge on any atom is 0.243 e. The number of aromatic nitrogens is 2. The zero-order chi connectivity index (χ0) is 19.8. The third kappa shape index (κ3) is 4.68. The molecule has 0 spiro atoms. The average molecular weight is 375 g/mol. The molecule has 1 aromatic heterocycles. The lowest BCUT2D eigenvalue weighted by atomic mass is 10.1. The molecule has 1 N–H and O–H groups in total. The van der Waals surface area contributed by atoms with Crippen molar-refractivity contribution in [2.75, 3.05) is 13.2 Å². The molecule has 28 heavy (non-hydrogen) atoms. The Morgan fingerprint density at radius 2 is 1.93 bits per heavy atom. The number of benzene rings is 2. The van der Waals surface area contributed by atoms with Gasteiger partial charge in [0.2, 0.25) is 5.91 Å². The topological polar surface area (TPSA) is 56.1 Å². The van der Waals surface area contributed by atoms with Crippen LogP contribution in [0, 0.1) is 0 Å². The summed E-state index contributed by atoms with van der Waals surface area (Å²) in [6, 6.07) is 16.0. The molecular formula is C23H25N3O2. The molecule has 5 heteroatoms. The largest absolute Gasteiger partial charge is 0.491 e. The fourth-order valence-electron chi connectivity index (χ4n) is 3.15. The molecule has 2 aromatic carbocycles. The van der Waals surface area contributed by atoms with E-state index in [9.17, 15) is 4.79 Å². The van der Waals surface area contributed by atoms with Gasteiger partial charge >= 0.3 is 0 Å². The van der Waals surface area contributed by atoms with Crippen LogP contribution in [0.2, 0.25) is 0 Å². The highest BCUT2D eigenvalue weighted by molar-refractivity contribution is 5.86. The number of nitrogens with zero attached hydrogens (tertiary/aromatic N) is 2. The van der Waals surface area contributed by atoms with Gasteiger partial charge in [0, 0.05) is 13.0 Å². The van der Waals surface area contributed by atoms with Gasteiger partial charge in [-0.15, -0.1) is 6.58 Å². The van der Waals surface area contributed by atoms with Crippen LogP contribution in [0.15, 0.2) is 73.8 Å². The van der Waals surface area contributed by atoms with Crippen molar-refractivity contribution in [3.05, 3.63) is 85.2 Å². The first-order valence-electron chi connectivity index (χ1n) is 9.39. The summed E-state index contributed by atoms with van der Waals surface area (Å²) < 4.78 is 8.21. The fourth-order valence-corrected chi connectivity index (χ4v) is 3.15. The van der Waals surface area contributed by atoms with E-state index in [4.69, 9.17) is 9.72 Å². The molecule has 0 saturated carbocycles. The van der Waals surface area contributed by atoms with E-state index in [-0.39, 0.29) is 5.91 Å². The van der Waals surface area contributed by atoms with Gasteiger partial charge in [-0.2, -0.15) is 0 Å². The Morgan fingerprint density at radius 3 is 2.75 bits per heavy atom. The Morgan fingerprint density at radius 1 is 1.14 bits per heavy atom. The van der Waals surface area contributed by atoms with Crippen molar-refractivity contribution in [3.8, 4) is 5.75 Å². The Balaban J connectivity index is 1.72. The van der Waals surface area contributed by atoms with Gasteiger partial charge in [0.25, 0.3) is 0 Å². The Hall–Kier alpha value is -3.34. The number of para-hydroxylation sites is 3. The summed E-state index contributed by atoms with van der Waals surface area (Å²) >= 11 is 0. The van der Waals surface area contributed by atoms with Crippen LogP contribution < -0.4 is 10.1 Å². The average Bonchev–Trinajstić information content (AvgIpc) is 3.07. The minimum absolute atomic E-state index is 0.176. The van der Waals surface area contributed by atoms with Crippen molar-refractivity contribution in [1.82, 2.24) is 14.9 Å². The van der Waals surface area contributed by atoms with Crippen LogP contribution in [0.3, 0.4) is 0 Å². The molecule has 1 amide bonds. The summed E-state index contributed by atoms with van der Waals surface area (Å²) in [5.74, 6) is 1.63. The van der Waals surface area contributed by atoms with E-state index in [1.165, 1.54) is 6.08 Å². The number of allylic oxidation sites excluding steroid dienone is 1. The van der Waals surface area contributed by atoms with E-state index in [1.807, 2.05) is 42.5 Å². The quantitative estimate of drug-likeness (QED) is 0.434. The molecule has 0 unspecified atom stereocenters. The van der Waals surface area contributed by atoms with Gasteiger partial charge in [-0.3, -0.25) is 4.79 Å². The third-order valence-corrected chi connectivity index (χ3v) is 4.48. The summed E-state index contributed by atoms with van der Waals surface area (Å²) in [5, 5.41) is 2.80. The highest BCUT2D eigenvalue weighted by Gasteiger charge is 2.11. The van der Waals surface area contributed by atoms with Gasteiger partial charge < -0.3 is 14.6 Å². The molecule has 144 valence electrons. The smallest absolute Gasteiger partial charge is 0.243 e. The van der Waals surface area contributed by atoms with Crippen LogP contribution in [0.1, 0.15) is 11.4 Å². The summed E-state index contributed by atoms with van der Waals surface area (Å²) in [7, 11) is 0. The zero-order valence-electron chi connectivity index (χ0n) is 15.9. The number of hydrogen-bond donors (Lipinski definition) is 1. The minimum atomic E-state index is -0.176. The monoisotopic (exact) mass is 375 g/mol. The van der Waals surface area contributed by atoms with Gasteiger partial charge in [-0.05, 0) is 36.3 Å². The second kappa shape index (κ2) is 9.55. The van der Waals surface area contributed by atoms with E-state index in [2.05, 4.69) is 35.2 Å². The van der Waals surface area contributed by atoms with Crippen LogP contribution in [0.25, 0.3) is 11.0 Å². The molecule has 3 aromatic rings. The number of rotatable bonds is 10. The van der Waals surface area contributed by atoms with Crippen LogP contribution in [-0.4, -0.2) is 28.6 Å². The second-order valence-corrected chi connectivity index (χ2v) is 6.36. The van der Waals surface area contributed by atoms with E-state index in [0.29, 0.717) is 26.1 Å². The molecule has 5 nitrogen and oxygen atoms in total. The molecule has 0 atom stereocenters. The third-order valence-electron chi connectivity index (χ3n) is 4.48. The molecule has 0 aliphatic rings. The predicted molar refractivity (Wildman–Crippen MR) is 112 cm³/mol. The summed E-state index contributed by atoms with van der Waals surface area (Å²) in [6.07, 6.45) is 4.57. The summed E-state index contributed by atoms with van der Waals surface area (Å²) in [6.45, 7) is 8.99. The Bertz CT molecular complexity index is 975. The Labute approximate surface area is 165 Å². The molecule has 0 radical (unpaired) electrons. The Kier molecular flexibility index (Phi) is 6.63. The molecular weight excluding hydrogens is 350 g/mol. The van der Waals surface area contributed by atoms with E-state index < -0.39 is 0 Å². The number of nitrogens with one attached hydrogen (secondary N) is 1. The number of ether oxygens (including phenoxy) is 1. The highest BCUT2D eigenvalue weighted by Crippen LogP contribution is 2.20. The molecule has 0 aliphatic carbocycles. The lowest BCUT2D eigenvalue weighted by molar-refractivity contribution is -0.116. The van der Waals surface area contributed by atoms with Crippen molar-refractivity contribution in [1.29, 1.82) is 0 Å². The SMILES string of the molecule is C=CCc1ccccc1OCCn1c(CCNC(=O)C=C)nc2ccccc21. The molecule has 0 bridgehead atoms. The summed E-state index contributed by atoms with van der Waals surface area (Å²) in [4.78, 5) is 16.1. The molecule has 0 saturated heterocycles. The minimum Gasteiger partial charge on any atom is -0.491 e. The van der Waals surface area contributed by atoms with E-state index >= 15 is 0 Å². The fraction of sp³-hybridized carbons (Fsp3) is 0.217. The lowest BCUT2D eigenvalue weighted by Crippen LogP contribution is -2.24. The molecule has 3 rings (SSSR count). The first kappa shape index (κ1) is 19.4. The number of hydrogen-bond acceptors (Lipinski definition) is 3. The van der Waals surface area contributed by atoms with Crippen LogP contribution in [-0.2, 0) is 24.2 Å². The predicted octanol–water partition coefficient (Wildman–Crippen LogP) is 3.69. The number of carbonyl (C=O) groups is 1. The van der Waals surface area contributed by atoms with Crippen LogP contribution in [0.4, 0.5) is 0 Å². The van der Waals surface area contributed by atoms with Crippen LogP contribution >= 0.6 is 0 Å². The maximum atomic E-state index is 11.4. The van der Waals surface area contributed by atoms with Crippen molar-refractivity contribution in [2.45, 2.75) is 19.4 Å². The summed E-state index contributed by atoms with van der Waals surface area (Å²) in [5.41, 5.74) is 3.13. The molecule has 0 aliphatic heterocycles. The first-order chi connectivity index (χ1) is 13.7.